The molecule has 1 heterocycles. The molecular formula is C18H28N2O3. The Hall–Kier alpha value is -1.59. The maximum Gasteiger partial charge on any atom is 0.220 e. The van der Waals surface area contributed by atoms with Crippen molar-refractivity contribution in [1.82, 2.24) is 5.32 Å². The van der Waals surface area contributed by atoms with Crippen molar-refractivity contribution in [3.05, 3.63) is 29.8 Å². The molecule has 1 aliphatic heterocycles. The third-order valence-corrected chi connectivity index (χ3v) is 4.46. The molecule has 1 amide bonds. The predicted molar refractivity (Wildman–Crippen MR) is 90.6 cm³/mol. The van der Waals surface area contributed by atoms with Crippen LogP contribution in [0.1, 0.15) is 38.2 Å². The lowest BCUT2D eigenvalue weighted by molar-refractivity contribution is -0.121. The molecular weight excluding hydrogens is 292 g/mol. The molecule has 3 N–H and O–H groups in total. The van der Waals surface area contributed by atoms with Gasteiger partial charge in [0.1, 0.15) is 5.75 Å². The van der Waals surface area contributed by atoms with Gasteiger partial charge >= 0.3 is 0 Å². The van der Waals surface area contributed by atoms with Gasteiger partial charge in [0, 0.05) is 31.6 Å². The number of hydrogen-bond acceptors (Lipinski definition) is 4. The van der Waals surface area contributed by atoms with Crippen LogP contribution < -0.4 is 15.8 Å². The fourth-order valence-electron chi connectivity index (χ4n) is 3.02. The number of nitrogens with one attached hydrogen (secondary N) is 1. The molecule has 1 fully saturated rings. The van der Waals surface area contributed by atoms with Crippen molar-refractivity contribution in [2.75, 3.05) is 32.9 Å². The second-order valence-electron chi connectivity index (χ2n) is 6.02. The summed E-state index contributed by atoms with van der Waals surface area (Å²) in [6, 6.07) is 8.24. The van der Waals surface area contributed by atoms with Crippen LogP contribution in [0.3, 0.4) is 0 Å². The van der Waals surface area contributed by atoms with Crippen LogP contribution in [0.4, 0.5) is 0 Å². The lowest BCUT2D eigenvalue weighted by atomic mass is 9.74. The molecule has 5 heteroatoms. The van der Waals surface area contributed by atoms with Crippen molar-refractivity contribution in [2.24, 2.45) is 5.73 Å². The maximum absolute atomic E-state index is 11.9. The van der Waals surface area contributed by atoms with Gasteiger partial charge in [-0.2, -0.15) is 0 Å². The molecule has 0 radical (unpaired) electrons. The van der Waals surface area contributed by atoms with Gasteiger partial charge in [0.25, 0.3) is 0 Å². The number of nitrogens with two attached hydrogens (primary N) is 1. The Labute approximate surface area is 138 Å². The number of hydrogen-bond donors (Lipinski definition) is 2. The second-order valence-corrected chi connectivity index (χ2v) is 6.02. The van der Waals surface area contributed by atoms with Gasteiger partial charge in [-0.25, -0.2) is 0 Å². The van der Waals surface area contributed by atoms with Crippen molar-refractivity contribution in [1.29, 1.82) is 0 Å². The quantitative estimate of drug-likeness (QED) is 0.768. The van der Waals surface area contributed by atoms with Crippen molar-refractivity contribution >= 4 is 5.91 Å². The van der Waals surface area contributed by atoms with E-state index in [9.17, 15) is 4.79 Å². The van der Waals surface area contributed by atoms with E-state index in [1.165, 1.54) is 5.56 Å². The topological polar surface area (TPSA) is 73.6 Å². The van der Waals surface area contributed by atoms with E-state index in [1.807, 2.05) is 19.1 Å². The predicted octanol–water partition coefficient (Wildman–Crippen LogP) is 1.99. The van der Waals surface area contributed by atoms with Crippen LogP contribution in [0.2, 0.25) is 0 Å². The van der Waals surface area contributed by atoms with E-state index in [-0.39, 0.29) is 11.3 Å². The van der Waals surface area contributed by atoms with E-state index in [0.717, 1.165) is 38.2 Å². The number of amides is 1. The van der Waals surface area contributed by atoms with Crippen LogP contribution in [0.5, 0.6) is 5.75 Å². The first-order valence-electron chi connectivity index (χ1n) is 8.48. The molecule has 1 saturated heterocycles. The van der Waals surface area contributed by atoms with Gasteiger partial charge in [-0.1, -0.05) is 12.1 Å². The summed E-state index contributed by atoms with van der Waals surface area (Å²) >= 11 is 0. The highest BCUT2D eigenvalue weighted by atomic mass is 16.5. The molecule has 0 unspecified atom stereocenters. The minimum atomic E-state index is -0.0542. The normalized spacial score (nSPS) is 16.8. The molecule has 1 aliphatic rings. The van der Waals surface area contributed by atoms with E-state index >= 15 is 0 Å². The lowest BCUT2D eigenvalue weighted by Crippen LogP contribution is -2.44. The summed E-state index contributed by atoms with van der Waals surface area (Å²) in [7, 11) is 0. The van der Waals surface area contributed by atoms with E-state index in [2.05, 4.69) is 17.4 Å². The third-order valence-electron chi connectivity index (χ3n) is 4.46. The molecule has 0 atom stereocenters. The Balaban J connectivity index is 2.07. The van der Waals surface area contributed by atoms with E-state index in [0.29, 0.717) is 26.1 Å². The number of carbonyl (C=O) groups excluding carboxylic acids is 1. The Morgan fingerprint density at radius 3 is 2.61 bits per heavy atom. The first-order valence-corrected chi connectivity index (χ1v) is 8.48. The number of ether oxygens (including phenoxy) is 2. The van der Waals surface area contributed by atoms with E-state index in [4.69, 9.17) is 15.2 Å². The van der Waals surface area contributed by atoms with Crippen LogP contribution in [0.25, 0.3) is 0 Å². The molecule has 0 aliphatic carbocycles. The average Bonchev–Trinajstić information content (AvgIpc) is 2.60. The molecule has 1 aromatic rings. The van der Waals surface area contributed by atoms with Gasteiger partial charge in [-0.05, 0) is 50.4 Å². The highest BCUT2D eigenvalue weighted by Crippen LogP contribution is 2.35. The van der Waals surface area contributed by atoms with Gasteiger partial charge < -0.3 is 20.5 Å². The van der Waals surface area contributed by atoms with Crippen molar-refractivity contribution in [3.63, 3.8) is 0 Å². The molecule has 1 aromatic carbocycles. The Morgan fingerprint density at radius 1 is 1.30 bits per heavy atom. The Bertz CT molecular complexity index is 482. The zero-order chi connectivity index (χ0) is 16.5. The molecule has 0 spiro atoms. The Morgan fingerprint density at radius 2 is 2.00 bits per heavy atom. The van der Waals surface area contributed by atoms with Crippen molar-refractivity contribution < 1.29 is 14.3 Å². The highest BCUT2D eigenvalue weighted by Gasteiger charge is 2.34. The average molecular weight is 320 g/mol. The molecule has 2 rings (SSSR count). The standard InChI is InChI=1S/C18H28N2O3/c1-2-23-16-7-5-15(6-8-16)18(9-12-22-13-10-18)14-20-17(21)4-3-11-19/h5-8H,2-4,9-14,19H2,1H3,(H,20,21). The lowest BCUT2D eigenvalue weighted by Gasteiger charge is -2.38. The highest BCUT2D eigenvalue weighted by molar-refractivity contribution is 5.76. The molecule has 5 nitrogen and oxygen atoms in total. The van der Waals surface area contributed by atoms with Gasteiger partial charge in [0.2, 0.25) is 5.91 Å². The van der Waals surface area contributed by atoms with Gasteiger partial charge in [-0.3, -0.25) is 4.79 Å². The van der Waals surface area contributed by atoms with E-state index in [1.54, 1.807) is 0 Å². The van der Waals surface area contributed by atoms with Crippen LogP contribution in [-0.4, -0.2) is 38.8 Å². The zero-order valence-corrected chi connectivity index (χ0v) is 14.0. The molecule has 23 heavy (non-hydrogen) atoms. The fourth-order valence-corrected chi connectivity index (χ4v) is 3.02. The molecule has 0 saturated carbocycles. The van der Waals surface area contributed by atoms with Gasteiger partial charge in [-0.15, -0.1) is 0 Å². The summed E-state index contributed by atoms with van der Waals surface area (Å²) in [5.41, 5.74) is 6.65. The first kappa shape index (κ1) is 17.8. The summed E-state index contributed by atoms with van der Waals surface area (Å²) in [4.78, 5) is 11.9. The van der Waals surface area contributed by atoms with E-state index < -0.39 is 0 Å². The van der Waals surface area contributed by atoms with Crippen LogP contribution in [0.15, 0.2) is 24.3 Å². The van der Waals surface area contributed by atoms with Crippen LogP contribution in [-0.2, 0) is 14.9 Å². The third kappa shape index (κ3) is 4.94. The largest absolute Gasteiger partial charge is 0.494 e. The minimum absolute atomic E-state index is 0.0542. The number of rotatable bonds is 8. The minimum Gasteiger partial charge on any atom is -0.494 e. The van der Waals surface area contributed by atoms with Gasteiger partial charge in [0.15, 0.2) is 0 Å². The summed E-state index contributed by atoms with van der Waals surface area (Å²) in [6.07, 6.45) is 3.05. The monoisotopic (exact) mass is 320 g/mol. The summed E-state index contributed by atoms with van der Waals surface area (Å²) in [5, 5.41) is 3.08. The van der Waals surface area contributed by atoms with Crippen LogP contribution in [0, 0.1) is 0 Å². The molecule has 0 bridgehead atoms. The zero-order valence-electron chi connectivity index (χ0n) is 14.0. The molecule has 0 aromatic heterocycles. The molecule has 128 valence electrons. The van der Waals surface area contributed by atoms with Crippen LogP contribution >= 0.6 is 0 Å². The smallest absolute Gasteiger partial charge is 0.220 e. The number of benzene rings is 1. The maximum atomic E-state index is 11.9. The summed E-state index contributed by atoms with van der Waals surface area (Å²) in [6.45, 7) is 5.29. The number of carbonyl (C=O) groups is 1. The SMILES string of the molecule is CCOc1ccc(C2(CNC(=O)CCCN)CCOCC2)cc1. The van der Waals surface area contributed by atoms with Gasteiger partial charge in [0.05, 0.1) is 6.61 Å². The van der Waals surface area contributed by atoms with Crippen molar-refractivity contribution in [2.45, 2.75) is 38.0 Å². The summed E-state index contributed by atoms with van der Waals surface area (Å²) < 4.78 is 11.0. The second kappa shape index (κ2) is 8.89. The fraction of sp³-hybridized carbons (Fsp3) is 0.611. The first-order chi connectivity index (χ1) is 11.2. The Kier molecular flexibility index (Phi) is 6.86. The van der Waals surface area contributed by atoms with Crippen molar-refractivity contribution in [3.8, 4) is 5.75 Å². The summed E-state index contributed by atoms with van der Waals surface area (Å²) in [5.74, 6) is 0.956.